The van der Waals surface area contributed by atoms with Crippen LogP contribution in [0.3, 0.4) is 0 Å². The molecule has 1 heterocycles. The van der Waals surface area contributed by atoms with Gasteiger partial charge in [-0.05, 0) is 27.5 Å². The van der Waals surface area contributed by atoms with Gasteiger partial charge in [-0.2, -0.15) is 0 Å². The number of H-pyrrole nitrogens is 1. The molecule has 7 heteroatoms. The molecule has 0 aromatic carbocycles. The molecular formula is C7H8BrN5O. The van der Waals surface area contributed by atoms with Crippen LogP contribution in [0.25, 0.3) is 10.4 Å². The van der Waals surface area contributed by atoms with Crippen LogP contribution in [0.15, 0.2) is 21.9 Å². The lowest BCUT2D eigenvalue weighted by molar-refractivity contribution is 0.0950. The monoisotopic (exact) mass is 257 g/mol. The molecule has 6 nitrogen and oxygen atoms in total. The van der Waals surface area contributed by atoms with E-state index in [1.54, 1.807) is 12.3 Å². The molecule has 0 aliphatic heterocycles. The number of rotatable bonds is 4. The van der Waals surface area contributed by atoms with Crippen LogP contribution < -0.4 is 5.32 Å². The summed E-state index contributed by atoms with van der Waals surface area (Å²) in [6, 6.07) is 1.67. The van der Waals surface area contributed by atoms with E-state index in [9.17, 15) is 4.79 Å². The average Bonchev–Trinajstić information content (AvgIpc) is 2.59. The summed E-state index contributed by atoms with van der Waals surface area (Å²) in [5.41, 5.74) is 8.46. The first-order valence-electron chi connectivity index (χ1n) is 3.87. The van der Waals surface area contributed by atoms with E-state index in [2.05, 4.69) is 36.3 Å². The predicted molar refractivity (Wildman–Crippen MR) is 54.8 cm³/mol. The number of hydrogen-bond acceptors (Lipinski definition) is 2. The number of carbonyl (C=O) groups excluding carboxylic acids is 1. The van der Waals surface area contributed by atoms with Crippen LogP contribution in [0.5, 0.6) is 0 Å². The third-order valence-corrected chi connectivity index (χ3v) is 1.91. The molecule has 1 aromatic heterocycles. The number of hydrogen-bond donors (Lipinski definition) is 2. The minimum Gasteiger partial charge on any atom is -0.356 e. The lowest BCUT2D eigenvalue weighted by Gasteiger charge is -1.99. The van der Waals surface area contributed by atoms with Gasteiger partial charge >= 0.3 is 0 Å². The van der Waals surface area contributed by atoms with Gasteiger partial charge in [0.2, 0.25) is 0 Å². The third-order valence-electron chi connectivity index (χ3n) is 1.45. The minimum atomic E-state index is -0.219. The van der Waals surface area contributed by atoms with Crippen LogP contribution in [0.4, 0.5) is 0 Å². The molecule has 1 amide bonds. The molecule has 0 radical (unpaired) electrons. The Morgan fingerprint density at radius 1 is 1.79 bits per heavy atom. The lowest BCUT2D eigenvalue weighted by Crippen LogP contribution is -2.26. The SMILES string of the molecule is [N-]=[N+]=NCCNC(=O)c1cc(Br)c[nH]1. The van der Waals surface area contributed by atoms with Gasteiger partial charge in [0, 0.05) is 28.7 Å². The van der Waals surface area contributed by atoms with Crippen molar-refractivity contribution < 1.29 is 4.79 Å². The number of carbonyl (C=O) groups is 1. The van der Waals surface area contributed by atoms with Gasteiger partial charge in [0.25, 0.3) is 5.91 Å². The smallest absolute Gasteiger partial charge is 0.267 e. The van der Waals surface area contributed by atoms with Gasteiger partial charge in [-0.25, -0.2) is 0 Å². The molecule has 0 atom stereocenters. The summed E-state index contributed by atoms with van der Waals surface area (Å²) >= 11 is 3.22. The fourth-order valence-electron chi connectivity index (χ4n) is 0.858. The number of aromatic amines is 1. The van der Waals surface area contributed by atoms with Gasteiger partial charge < -0.3 is 10.3 Å². The van der Waals surface area contributed by atoms with Crippen LogP contribution in [-0.4, -0.2) is 24.0 Å². The molecule has 0 fully saturated rings. The fourth-order valence-corrected chi connectivity index (χ4v) is 1.20. The lowest BCUT2D eigenvalue weighted by atomic mass is 10.4. The Morgan fingerprint density at radius 2 is 2.57 bits per heavy atom. The largest absolute Gasteiger partial charge is 0.356 e. The molecule has 74 valence electrons. The minimum absolute atomic E-state index is 0.219. The maximum absolute atomic E-state index is 11.3. The first kappa shape index (κ1) is 10.6. The quantitative estimate of drug-likeness (QED) is 0.366. The molecule has 1 rings (SSSR count). The van der Waals surface area contributed by atoms with E-state index in [0.717, 1.165) is 4.47 Å². The molecular weight excluding hydrogens is 250 g/mol. The van der Waals surface area contributed by atoms with E-state index in [-0.39, 0.29) is 12.5 Å². The van der Waals surface area contributed by atoms with Gasteiger partial charge in [-0.3, -0.25) is 4.79 Å². The Morgan fingerprint density at radius 3 is 3.14 bits per heavy atom. The number of nitrogens with zero attached hydrogens (tertiary/aromatic N) is 3. The number of aromatic nitrogens is 1. The summed E-state index contributed by atoms with van der Waals surface area (Å²) in [6.07, 6.45) is 1.67. The summed E-state index contributed by atoms with van der Waals surface area (Å²) in [5.74, 6) is -0.219. The van der Waals surface area contributed by atoms with E-state index in [0.29, 0.717) is 12.2 Å². The summed E-state index contributed by atoms with van der Waals surface area (Å²) in [5, 5.41) is 5.88. The average molecular weight is 258 g/mol. The molecule has 1 aromatic rings. The number of halogens is 1. The van der Waals surface area contributed by atoms with Crippen molar-refractivity contribution in [3.8, 4) is 0 Å². The van der Waals surface area contributed by atoms with Crippen molar-refractivity contribution >= 4 is 21.8 Å². The molecule has 0 spiro atoms. The second-order valence-electron chi connectivity index (χ2n) is 2.44. The van der Waals surface area contributed by atoms with E-state index < -0.39 is 0 Å². The molecule has 14 heavy (non-hydrogen) atoms. The zero-order valence-electron chi connectivity index (χ0n) is 7.20. The zero-order valence-corrected chi connectivity index (χ0v) is 8.78. The van der Waals surface area contributed by atoms with Crippen LogP contribution in [0.2, 0.25) is 0 Å². The van der Waals surface area contributed by atoms with Crippen LogP contribution in [-0.2, 0) is 0 Å². The Labute approximate surface area is 88.4 Å². The maximum atomic E-state index is 11.3. The Balaban J connectivity index is 2.39. The highest BCUT2D eigenvalue weighted by atomic mass is 79.9. The summed E-state index contributed by atoms with van der Waals surface area (Å²) in [7, 11) is 0. The van der Waals surface area contributed by atoms with E-state index in [4.69, 9.17) is 5.53 Å². The van der Waals surface area contributed by atoms with Crippen molar-refractivity contribution in [1.82, 2.24) is 10.3 Å². The van der Waals surface area contributed by atoms with Crippen LogP contribution in [0.1, 0.15) is 10.5 Å². The standard InChI is InChI=1S/C7H8BrN5O/c8-5-3-6(11-4-5)7(14)10-1-2-12-13-9/h3-4,11H,1-2H2,(H,10,14). The fraction of sp³-hybridized carbons (Fsp3) is 0.286. The third kappa shape index (κ3) is 3.12. The predicted octanol–water partition coefficient (Wildman–Crippen LogP) is 1.82. The first-order chi connectivity index (χ1) is 6.74. The van der Waals surface area contributed by atoms with Gasteiger partial charge in [0.05, 0.1) is 0 Å². The van der Waals surface area contributed by atoms with E-state index in [1.807, 2.05) is 0 Å². The number of amides is 1. The molecule has 0 aliphatic carbocycles. The molecule has 0 unspecified atom stereocenters. The van der Waals surface area contributed by atoms with Crippen molar-refractivity contribution in [2.24, 2.45) is 5.11 Å². The number of azide groups is 1. The summed E-state index contributed by atoms with van der Waals surface area (Å²) < 4.78 is 0.817. The van der Waals surface area contributed by atoms with Gasteiger partial charge in [-0.1, -0.05) is 5.11 Å². The summed E-state index contributed by atoms with van der Waals surface area (Å²) in [4.78, 5) is 16.7. The molecule has 0 saturated heterocycles. The Bertz CT molecular complexity index is 368. The zero-order chi connectivity index (χ0) is 10.4. The molecule has 0 saturated carbocycles. The van der Waals surface area contributed by atoms with E-state index >= 15 is 0 Å². The highest BCUT2D eigenvalue weighted by Crippen LogP contribution is 2.09. The molecule has 0 bridgehead atoms. The highest BCUT2D eigenvalue weighted by Gasteiger charge is 2.05. The second-order valence-corrected chi connectivity index (χ2v) is 3.36. The van der Waals surface area contributed by atoms with Crippen molar-refractivity contribution in [3.05, 3.63) is 32.9 Å². The maximum Gasteiger partial charge on any atom is 0.267 e. The van der Waals surface area contributed by atoms with Gasteiger partial charge in [-0.15, -0.1) is 0 Å². The topological polar surface area (TPSA) is 93.7 Å². The molecule has 0 aliphatic rings. The van der Waals surface area contributed by atoms with Crippen molar-refractivity contribution in [3.63, 3.8) is 0 Å². The first-order valence-corrected chi connectivity index (χ1v) is 4.66. The second kappa shape index (κ2) is 5.31. The van der Waals surface area contributed by atoms with Crippen molar-refractivity contribution in [2.45, 2.75) is 0 Å². The van der Waals surface area contributed by atoms with E-state index in [1.165, 1.54) is 0 Å². The highest BCUT2D eigenvalue weighted by molar-refractivity contribution is 9.10. The normalized spacial score (nSPS) is 9.21. The van der Waals surface area contributed by atoms with Gasteiger partial charge in [0.15, 0.2) is 0 Å². The van der Waals surface area contributed by atoms with Gasteiger partial charge in [0.1, 0.15) is 5.69 Å². The number of nitrogens with one attached hydrogen (secondary N) is 2. The Hall–Kier alpha value is -1.46. The molecule has 2 N–H and O–H groups in total. The van der Waals surface area contributed by atoms with Crippen LogP contribution in [0, 0.1) is 0 Å². The van der Waals surface area contributed by atoms with Crippen LogP contribution >= 0.6 is 15.9 Å². The summed E-state index contributed by atoms with van der Waals surface area (Å²) in [6.45, 7) is 0.587. The Kier molecular flexibility index (Phi) is 4.03. The van der Waals surface area contributed by atoms with Crippen molar-refractivity contribution in [2.75, 3.05) is 13.1 Å². The van der Waals surface area contributed by atoms with Crippen molar-refractivity contribution in [1.29, 1.82) is 0 Å².